The standard InChI is InChI=1S/C23H21ClN2O/c1-15-14-16(10-12-23(2,3)4)8-9-17(15)22(27)26-20-7-5-6-19-18(20)11-13-25-21(19)24/h5-9,11,13-14H,1-4H3,(H,26,27). The van der Waals surface area contributed by atoms with Crippen LogP contribution in [0.2, 0.25) is 5.15 Å². The van der Waals surface area contributed by atoms with Crippen LogP contribution >= 0.6 is 11.6 Å². The lowest BCUT2D eigenvalue weighted by Gasteiger charge is -2.11. The zero-order valence-electron chi connectivity index (χ0n) is 15.9. The van der Waals surface area contributed by atoms with Crippen LogP contribution in [0.4, 0.5) is 5.69 Å². The number of hydrogen-bond acceptors (Lipinski definition) is 2. The Morgan fingerprint density at radius 1 is 1.11 bits per heavy atom. The fraction of sp³-hybridized carbons (Fsp3) is 0.217. The number of aromatic nitrogens is 1. The lowest BCUT2D eigenvalue weighted by Crippen LogP contribution is -2.13. The zero-order chi connectivity index (χ0) is 19.6. The second-order valence-corrected chi connectivity index (χ2v) is 7.84. The molecule has 0 atom stereocenters. The second-order valence-electron chi connectivity index (χ2n) is 7.49. The molecule has 0 fully saturated rings. The lowest BCUT2D eigenvalue weighted by molar-refractivity contribution is 0.102. The van der Waals surface area contributed by atoms with Gasteiger partial charge >= 0.3 is 0 Å². The van der Waals surface area contributed by atoms with E-state index in [9.17, 15) is 4.79 Å². The molecule has 0 aliphatic carbocycles. The highest BCUT2D eigenvalue weighted by atomic mass is 35.5. The molecule has 3 aromatic rings. The number of carbonyl (C=O) groups excluding carboxylic acids is 1. The van der Waals surface area contributed by atoms with Gasteiger partial charge in [0.2, 0.25) is 0 Å². The van der Waals surface area contributed by atoms with Gasteiger partial charge in [-0.3, -0.25) is 4.79 Å². The molecule has 136 valence electrons. The van der Waals surface area contributed by atoms with Gasteiger partial charge in [-0.15, -0.1) is 0 Å². The van der Waals surface area contributed by atoms with E-state index in [4.69, 9.17) is 11.6 Å². The number of pyridine rings is 1. The predicted octanol–water partition coefficient (Wildman–Crippen LogP) is 5.85. The van der Waals surface area contributed by atoms with Crippen LogP contribution in [0.15, 0.2) is 48.7 Å². The summed E-state index contributed by atoms with van der Waals surface area (Å²) in [6.07, 6.45) is 1.63. The van der Waals surface area contributed by atoms with E-state index in [1.54, 1.807) is 6.20 Å². The Morgan fingerprint density at radius 3 is 2.59 bits per heavy atom. The average molecular weight is 377 g/mol. The summed E-state index contributed by atoms with van der Waals surface area (Å²) < 4.78 is 0. The predicted molar refractivity (Wildman–Crippen MR) is 112 cm³/mol. The third-order valence-corrected chi connectivity index (χ3v) is 4.36. The van der Waals surface area contributed by atoms with Crippen molar-refractivity contribution in [2.45, 2.75) is 27.7 Å². The second kappa shape index (κ2) is 7.42. The topological polar surface area (TPSA) is 42.0 Å². The van der Waals surface area contributed by atoms with Crippen molar-refractivity contribution in [3.63, 3.8) is 0 Å². The number of hydrogen-bond donors (Lipinski definition) is 1. The first-order chi connectivity index (χ1) is 12.7. The highest BCUT2D eigenvalue weighted by Gasteiger charge is 2.12. The monoisotopic (exact) mass is 376 g/mol. The molecule has 0 unspecified atom stereocenters. The first-order valence-electron chi connectivity index (χ1n) is 8.73. The van der Waals surface area contributed by atoms with Crippen LogP contribution < -0.4 is 5.32 Å². The molecular formula is C23H21ClN2O. The van der Waals surface area contributed by atoms with Gasteiger partial charge in [0.1, 0.15) is 5.15 Å². The maximum atomic E-state index is 12.8. The summed E-state index contributed by atoms with van der Waals surface area (Å²) in [7, 11) is 0. The van der Waals surface area contributed by atoms with Crippen molar-refractivity contribution in [1.82, 2.24) is 4.98 Å². The van der Waals surface area contributed by atoms with Gasteiger partial charge in [-0.2, -0.15) is 0 Å². The van der Waals surface area contributed by atoms with E-state index in [1.807, 2.05) is 49.4 Å². The molecule has 0 aliphatic rings. The molecular weight excluding hydrogens is 356 g/mol. The highest BCUT2D eigenvalue weighted by molar-refractivity contribution is 6.34. The Morgan fingerprint density at radius 2 is 1.89 bits per heavy atom. The third kappa shape index (κ3) is 4.48. The number of fused-ring (bicyclic) bond motifs is 1. The number of aryl methyl sites for hydroxylation is 1. The summed E-state index contributed by atoms with van der Waals surface area (Å²) in [6.45, 7) is 8.13. The van der Waals surface area contributed by atoms with Crippen LogP contribution in [-0.4, -0.2) is 10.9 Å². The Kier molecular flexibility index (Phi) is 5.21. The van der Waals surface area contributed by atoms with Crippen molar-refractivity contribution in [3.8, 4) is 11.8 Å². The van der Waals surface area contributed by atoms with Crippen LogP contribution in [0.25, 0.3) is 10.8 Å². The van der Waals surface area contributed by atoms with E-state index in [0.29, 0.717) is 16.4 Å². The van der Waals surface area contributed by atoms with Gasteiger partial charge in [0.15, 0.2) is 0 Å². The van der Waals surface area contributed by atoms with E-state index in [0.717, 1.165) is 21.9 Å². The Labute approximate surface area is 164 Å². The van der Waals surface area contributed by atoms with Crippen molar-refractivity contribution in [2.24, 2.45) is 5.41 Å². The molecule has 0 bridgehead atoms. The number of nitrogens with one attached hydrogen (secondary N) is 1. The molecule has 2 aromatic carbocycles. The normalized spacial score (nSPS) is 11.0. The molecule has 1 N–H and O–H groups in total. The van der Waals surface area contributed by atoms with Crippen LogP contribution in [-0.2, 0) is 0 Å². The average Bonchev–Trinajstić information content (AvgIpc) is 2.60. The fourth-order valence-corrected chi connectivity index (χ4v) is 2.95. The number of anilines is 1. The Hall–Kier alpha value is -2.83. The summed E-state index contributed by atoms with van der Waals surface area (Å²) in [4.78, 5) is 16.9. The van der Waals surface area contributed by atoms with Crippen molar-refractivity contribution in [3.05, 3.63) is 70.5 Å². The minimum absolute atomic E-state index is 0.0611. The maximum absolute atomic E-state index is 12.8. The lowest BCUT2D eigenvalue weighted by atomic mass is 9.97. The molecule has 3 rings (SSSR count). The van der Waals surface area contributed by atoms with Crippen molar-refractivity contribution in [1.29, 1.82) is 0 Å². The Balaban J connectivity index is 1.89. The summed E-state index contributed by atoms with van der Waals surface area (Å²) in [5, 5.41) is 5.07. The van der Waals surface area contributed by atoms with E-state index in [2.05, 4.69) is 42.9 Å². The number of nitrogens with zero attached hydrogens (tertiary/aromatic N) is 1. The fourth-order valence-electron chi connectivity index (χ4n) is 2.73. The van der Waals surface area contributed by atoms with Crippen molar-refractivity contribution in [2.75, 3.05) is 5.32 Å². The van der Waals surface area contributed by atoms with Gasteiger partial charge < -0.3 is 5.32 Å². The number of benzene rings is 2. The van der Waals surface area contributed by atoms with Gasteiger partial charge in [-0.25, -0.2) is 4.98 Å². The van der Waals surface area contributed by atoms with Crippen LogP contribution in [0.3, 0.4) is 0 Å². The van der Waals surface area contributed by atoms with Gasteiger partial charge in [-0.05, 0) is 63.6 Å². The van der Waals surface area contributed by atoms with E-state index >= 15 is 0 Å². The molecule has 0 aliphatic heterocycles. The zero-order valence-corrected chi connectivity index (χ0v) is 16.6. The van der Waals surface area contributed by atoms with Crippen LogP contribution in [0.5, 0.6) is 0 Å². The molecule has 0 radical (unpaired) electrons. The molecule has 0 spiro atoms. The molecule has 0 saturated heterocycles. The molecule has 0 saturated carbocycles. The van der Waals surface area contributed by atoms with Crippen LogP contribution in [0.1, 0.15) is 42.3 Å². The van der Waals surface area contributed by atoms with Gasteiger partial charge in [0.25, 0.3) is 5.91 Å². The van der Waals surface area contributed by atoms with Gasteiger partial charge in [0, 0.05) is 39.2 Å². The van der Waals surface area contributed by atoms with Crippen LogP contribution in [0, 0.1) is 24.2 Å². The molecule has 27 heavy (non-hydrogen) atoms. The first kappa shape index (κ1) is 18.9. The van der Waals surface area contributed by atoms with Gasteiger partial charge in [0.05, 0.1) is 0 Å². The minimum atomic E-state index is -0.164. The SMILES string of the molecule is Cc1cc(C#CC(C)(C)C)ccc1C(=O)Nc1cccc2c(Cl)nccc12. The molecule has 3 nitrogen and oxygen atoms in total. The quantitative estimate of drug-likeness (QED) is 0.450. The highest BCUT2D eigenvalue weighted by Crippen LogP contribution is 2.28. The van der Waals surface area contributed by atoms with E-state index in [1.165, 1.54) is 0 Å². The summed E-state index contributed by atoms with van der Waals surface area (Å²) in [5.74, 6) is 6.22. The maximum Gasteiger partial charge on any atom is 0.255 e. The molecule has 1 heterocycles. The summed E-state index contributed by atoms with van der Waals surface area (Å²) >= 11 is 6.15. The van der Waals surface area contributed by atoms with E-state index in [-0.39, 0.29) is 11.3 Å². The number of amides is 1. The van der Waals surface area contributed by atoms with Crippen molar-refractivity contribution >= 4 is 34.0 Å². The summed E-state index contributed by atoms with van der Waals surface area (Å²) in [6, 6.07) is 13.1. The Bertz CT molecular complexity index is 1080. The smallest absolute Gasteiger partial charge is 0.255 e. The molecule has 1 aromatic heterocycles. The largest absolute Gasteiger partial charge is 0.321 e. The van der Waals surface area contributed by atoms with Crippen molar-refractivity contribution < 1.29 is 4.79 Å². The first-order valence-corrected chi connectivity index (χ1v) is 9.11. The molecule has 4 heteroatoms. The number of rotatable bonds is 2. The summed E-state index contributed by atoms with van der Waals surface area (Å²) in [5.41, 5.74) is 3.05. The minimum Gasteiger partial charge on any atom is -0.321 e. The molecule has 1 amide bonds. The van der Waals surface area contributed by atoms with E-state index < -0.39 is 0 Å². The number of halogens is 1. The van der Waals surface area contributed by atoms with Gasteiger partial charge in [-0.1, -0.05) is 35.6 Å². The number of carbonyl (C=O) groups is 1. The third-order valence-electron chi connectivity index (χ3n) is 4.06.